The van der Waals surface area contributed by atoms with E-state index >= 15 is 0 Å². The first kappa shape index (κ1) is 12.2. The first-order valence-corrected chi connectivity index (χ1v) is 6.33. The molecule has 1 aromatic rings. The number of pyridine rings is 1. The lowest BCUT2D eigenvalue weighted by molar-refractivity contribution is 0.144. The molecule has 1 aliphatic carbocycles. The number of aryl methyl sites for hydroxylation is 1. The van der Waals surface area contributed by atoms with E-state index in [0.717, 1.165) is 30.6 Å². The van der Waals surface area contributed by atoms with E-state index in [9.17, 15) is 5.11 Å². The number of aromatic nitrogens is 1. The van der Waals surface area contributed by atoms with Crippen LogP contribution in [-0.4, -0.2) is 22.2 Å². The zero-order valence-corrected chi connectivity index (χ0v) is 10.3. The van der Waals surface area contributed by atoms with E-state index in [1.165, 1.54) is 12.8 Å². The van der Waals surface area contributed by atoms with Crippen molar-refractivity contribution in [3.05, 3.63) is 17.8 Å². The fourth-order valence-corrected chi connectivity index (χ4v) is 2.29. The molecule has 1 aliphatic rings. The Kier molecular flexibility index (Phi) is 3.84. The maximum absolute atomic E-state index is 10.0. The summed E-state index contributed by atoms with van der Waals surface area (Å²) in [7, 11) is 0. The van der Waals surface area contributed by atoms with E-state index in [1.807, 2.05) is 13.0 Å². The van der Waals surface area contributed by atoms with Gasteiger partial charge in [0.2, 0.25) is 0 Å². The minimum Gasteiger partial charge on any atom is -0.397 e. The van der Waals surface area contributed by atoms with Crippen LogP contribution >= 0.6 is 0 Å². The third-order valence-corrected chi connectivity index (χ3v) is 3.46. The average molecular weight is 235 g/mol. The highest BCUT2D eigenvalue weighted by Gasteiger charge is 2.21. The molecule has 0 amide bonds. The molecule has 1 fully saturated rings. The van der Waals surface area contributed by atoms with Crippen LogP contribution in [0.2, 0.25) is 0 Å². The van der Waals surface area contributed by atoms with Gasteiger partial charge < -0.3 is 16.2 Å². The summed E-state index contributed by atoms with van der Waals surface area (Å²) in [5.74, 6) is 0.808. The van der Waals surface area contributed by atoms with E-state index in [2.05, 4.69) is 10.3 Å². The summed E-state index contributed by atoms with van der Waals surface area (Å²) in [6.07, 6.45) is 6.79. The number of nitrogens with zero attached hydrogens (tertiary/aromatic N) is 1. The topological polar surface area (TPSA) is 71.2 Å². The zero-order valence-electron chi connectivity index (χ0n) is 10.3. The van der Waals surface area contributed by atoms with E-state index in [-0.39, 0.29) is 12.1 Å². The molecule has 4 N–H and O–H groups in total. The van der Waals surface area contributed by atoms with Crippen LogP contribution in [0.15, 0.2) is 12.3 Å². The number of nitrogens with two attached hydrogens (primary N) is 1. The predicted molar refractivity (Wildman–Crippen MR) is 69.9 cm³/mol. The van der Waals surface area contributed by atoms with Crippen molar-refractivity contribution in [3.8, 4) is 0 Å². The van der Waals surface area contributed by atoms with Gasteiger partial charge in [0.1, 0.15) is 5.82 Å². The van der Waals surface area contributed by atoms with Gasteiger partial charge in [-0.25, -0.2) is 4.98 Å². The van der Waals surface area contributed by atoms with Gasteiger partial charge in [-0.3, -0.25) is 0 Å². The monoisotopic (exact) mass is 235 g/mol. The third-order valence-electron chi connectivity index (χ3n) is 3.46. The van der Waals surface area contributed by atoms with Crippen molar-refractivity contribution in [3.63, 3.8) is 0 Å². The molecule has 1 saturated carbocycles. The van der Waals surface area contributed by atoms with Crippen LogP contribution in [0.4, 0.5) is 11.5 Å². The lowest BCUT2D eigenvalue weighted by Crippen LogP contribution is -2.32. The number of hydrogen-bond donors (Lipinski definition) is 3. The first-order valence-electron chi connectivity index (χ1n) is 6.33. The van der Waals surface area contributed by atoms with Gasteiger partial charge >= 0.3 is 0 Å². The van der Waals surface area contributed by atoms with Crippen molar-refractivity contribution in [2.24, 2.45) is 0 Å². The average Bonchev–Trinajstić information content (AvgIpc) is 2.50. The molecular weight excluding hydrogens is 214 g/mol. The fourth-order valence-electron chi connectivity index (χ4n) is 2.29. The predicted octanol–water partition coefficient (Wildman–Crippen LogP) is 2.08. The number of aliphatic hydroxyl groups excluding tert-OH is 1. The van der Waals surface area contributed by atoms with Gasteiger partial charge in [-0.05, 0) is 31.4 Å². The van der Waals surface area contributed by atoms with Crippen LogP contribution < -0.4 is 11.1 Å². The van der Waals surface area contributed by atoms with Crippen molar-refractivity contribution >= 4 is 11.5 Å². The van der Waals surface area contributed by atoms with Crippen LogP contribution in [0.25, 0.3) is 0 Å². The van der Waals surface area contributed by atoms with Gasteiger partial charge in [0.15, 0.2) is 0 Å². The summed E-state index contributed by atoms with van der Waals surface area (Å²) in [5.41, 5.74) is 7.46. The molecule has 0 aliphatic heterocycles. The van der Waals surface area contributed by atoms with Crippen LogP contribution in [-0.2, 0) is 0 Å². The van der Waals surface area contributed by atoms with Crippen LogP contribution in [0.5, 0.6) is 0 Å². The second-order valence-corrected chi connectivity index (χ2v) is 4.88. The highest BCUT2D eigenvalue weighted by molar-refractivity contribution is 5.51. The van der Waals surface area contributed by atoms with Gasteiger partial charge in [-0.2, -0.15) is 0 Å². The van der Waals surface area contributed by atoms with E-state index in [1.54, 1.807) is 6.20 Å². The Bertz CT molecular complexity index is 381. The molecule has 2 rings (SSSR count). The number of nitrogen functional groups attached to an aromatic ring is 1. The number of aliphatic hydroxyl groups is 1. The van der Waals surface area contributed by atoms with Crippen molar-refractivity contribution < 1.29 is 5.11 Å². The molecule has 4 nitrogen and oxygen atoms in total. The van der Waals surface area contributed by atoms with Crippen LogP contribution in [0.1, 0.15) is 37.7 Å². The van der Waals surface area contributed by atoms with Crippen molar-refractivity contribution in [1.29, 1.82) is 0 Å². The first-order chi connectivity index (χ1) is 8.16. The molecule has 94 valence electrons. The maximum atomic E-state index is 10.0. The van der Waals surface area contributed by atoms with E-state index in [4.69, 9.17) is 5.73 Å². The smallest absolute Gasteiger partial charge is 0.126 e. The van der Waals surface area contributed by atoms with Gasteiger partial charge in [0.25, 0.3) is 0 Å². The molecule has 0 saturated heterocycles. The molecule has 1 aromatic heterocycles. The van der Waals surface area contributed by atoms with Gasteiger partial charge in [-0.1, -0.05) is 19.3 Å². The molecule has 0 aromatic carbocycles. The fraction of sp³-hybridized carbons (Fsp3) is 0.615. The van der Waals surface area contributed by atoms with Gasteiger partial charge in [0, 0.05) is 0 Å². The summed E-state index contributed by atoms with van der Waals surface area (Å²) >= 11 is 0. The number of anilines is 2. The Morgan fingerprint density at radius 2 is 2.12 bits per heavy atom. The maximum Gasteiger partial charge on any atom is 0.126 e. The summed E-state index contributed by atoms with van der Waals surface area (Å²) in [5, 5.41) is 13.3. The normalized spacial score (nSPS) is 25.3. The molecule has 1 heterocycles. The minimum atomic E-state index is -0.267. The van der Waals surface area contributed by atoms with Gasteiger partial charge in [-0.15, -0.1) is 0 Å². The Hall–Kier alpha value is -1.29. The number of rotatable bonds is 2. The Morgan fingerprint density at radius 3 is 2.88 bits per heavy atom. The highest BCUT2D eigenvalue weighted by Crippen LogP contribution is 2.22. The summed E-state index contributed by atoms with van der Waals surface area (Å²) in [6, 6.07) is 2.06. The summed E-state index contributed by atoms with van der Waals surface area (Å²) in [4.78, 5) is 4.25. The molecule has 4 heteroatoms. The SMILES string of the molecule is Cc1cc(NC2CCCCCC2O)ncc1N. The third kappa shape index (κ3) is 3.09. The van der Waals surface area contributed by atoms with Crippen molar-refractivity contribution in [2.45, 2.75) is 51.2 Å². The van der Waals surface area contributed by atoms with Crippen molar-refractivity contribution in [1.82, 2.24) is 4.98 Å². The zero-order chi connectivity index (χ0) is 12.3. The largest absolute Gasteiger partial charge is 0.397 e. The number of nitrogens with one attached hydrogen (secondary N) is 1. The van der Waals surface area contributed by atoms with Crippen molar-refractivity contribution in [2.75, 3.05) is 11.1 Å². The Morgan fingerprint density at radius 1 is 1.35 bits per heavy atom. The van der Waals surface area contributed by atoms with Gasteiger partial charge in [0.05, 0.1) is 24.0 Å². The lowest BCUT2D eigenvalue weighted by Gasteiger charge is -2.22. The summed E-state index contributed by atoms with van der Waals surface area (Å²) < 4.78 is 0. The molecule has 2 unspecified atom stereocenters. The molecular formula is C13H21N3O. The molecule has 0 spiro atoms. The second kappa shape index (κ2) is 5.36. The molecule has 17 heavy (non-hydrogen) atoms. The standard InChI is InChI=1S/C13H21N3O/c1-9-7-13(15-8-10(9)14)16-11-5-3-2-4-6-12(11)17/h7-8,11-12,17H,2-6,14H2,1H3,(H,15,16). The lowest BCUT2D eigenvalue weighted by atomic mass is 10.1. The summed E-state index contributed by atoms with van der Waals surface area (Å²) in [6.45, 7) is 1.96. The van der Waals surface area contributed by atoms with E-state index in [0.29, 0.717) is 5.69 Å². The second-order valence-electron chi connectivity index (χ2n) is 4.88. The van der Waals surface area contributed by atoms with E-state index < -0.39 is 0 Å². The Balaban J connectivity index is 2.05. The Labute approximate surface area is 102 Å². The van der Waals surface area contributed by atoms with Crippen LogP contribution in [0, 0.1) is 6.92 Å². The quantitative estimate of drug-likeness (QED) is 0.686. The molecule has 2 atom stereocenters. The number of hydrogen-bond acceptors (Lipinski definition) is 4. The van der Waals surface area contributed by atoms with Crippen LogP contribution in [0.3, 0.4) is 0 Å². The molecule has 0 bridgehead atoms. The minimum absolute atomic E-state index is 0.119. The molecule has 0 radical (unpaired) electrons. The highest BCUT2D eigenvalue weighted by atomic mass is 16.3.